The van der Waals surface area contributed by atoms with Crippen LogP contribution in [0.4, 0.5) is 0 Å². The predicted molar refractivity (Wildman–Crippen MR) is 108 cm³/mol. The van der Waals surface area contributed by atoms with Crippen LogP contribution < -0.4 is 20.5 Å². The van der Waals surface area contributed by atoms with Gasteiger partial charge in [0.15, 0.2) is 17.5 Å². The third-order valence-electron chi connectivity index (χ3n) is 4.76. The van der Waals surface area contributed by atoms with Gasteiger partial charge in [0, 0.05) is 12.0 Å². The van der Waals surface area contributed by atoms with Crippen molar-refractivity contribution in [3.63, 3.8) is 0 Å². The van der Waals surface area contributed by atoms with Crippen LogP contribution in [0.3, 0.4) is 0 Å². The minimum Gasteiger partial charge on any atom is -0.486 e. The molecule has 1 aliphatic carbocycles. The Morgan fingerprint density at radius 3 is 2.62 bits per heavy atom. The normalized spacial score (nSPS) is 17.7. The summed E-state index contributed by atoms with van der Waals surface area (Å²) in [7, 11) is 0. The van der Waals surface area contributed by atoms with Crippen molar-refractivity contribution in [2.75, 3.05) is 26.3 Å². The number of hydrogen-bond acceptors (Lipinski definition) is 3. The van der Waals surface area contributed by atoms with Crippen LogP contribution in [0.25, 0.3) is 0 Å². The van der Waals surface area contributed by atoms with E-state index in [0.29, 0.717) is 25.7 Å². The molecule has 1 aromatic carbocycles. The van der Waals surface area contributed by atoms with Gasteiger partial charge >= 0.3 is 0 Å². The Labute approximate surface area is 161 Å². The lowest BCUT2D eigenvalue weighted by Crippen LogP contribution is -2.38. The molecule has 134 valence electrons. The lowest BCUT2D eigenvalue weighted by molar-refractivity contribution is 0.171. The highest BCUT2D eigenvalue weighted by molar-refractivity contribution is 14.0. The van der Waals surface area contributed by atoms with E-state index in [1.165, 1.54) is 24.8 Å². The fraction of sp³-hybridized carbons (Fsp3) is 0.611. The first-order valence-electron chi connectivity index (χ1n) is 8.48. The Morgan fingerprint density at radius 1 is 1.25 bits per heavy atom. The van der Waals surface area contributed by atoms with E-state index in [0.717, 1.165) is 24.0 Å². The molecule has 1 aromatic rings. The third kappa shape index (κ3) is 4.68. The molecule has 1 heterocycles. The standard InChI is InChI=1S/C18H27N3O2.HI/c1-18(2,12-21-17(19)20-11-13-4-3-5-13)14-6-7-15-16(10-14)23-9-8-22-15;/h6-7,10,13H,3-5,8-9,11-12H2,1-2H3,(H3,19,20,21);1H. The summed E-state index contributed by atoms with van der Waals surface area (Å²) < 4.78 is 11.2. The zero-order chi connectivity index (χ0) is 16.3. The maximum atomic E-state index is 5.99. The Bertz CT molecular complexity index is 586. The molecule has 5 nitrogen and oxygen atoms in total. The van der Waals surface area contributed by atoms with Crippen LogP contribution in [0.15, 0.2) is 23.2 Å². The van der Waals surface area contributed by atoms with E-state index >= 15 is 0 Å². The molecule has 6 heteroatoms. The van der Waals surface area contributed by atoms with Crippen LogP contribution in [0.5, 0.6) is 11.5 Å². The molecule has 0 bridgehead atoms. The van der Waals surface area contributed by atoms with Gasteiger partial charge in [0.2, 0.25) is 0 Å². The van der Waals surface area contributed by atoms with Gasteiger partial charge in [0.05, 0.1) is 6.54 Å². The summed E-state index contributed by atoms with van der Waals surface area (Å²) in [4.78, 5) is 4.53. The zero-order valence-electron chi connectivity index (χ0n) is 14.5. The van der Waals surface area contributed by atoms with Crippen molar-refractivity contribution in [3.05, 3.63) is 23.8 Å². The molecule has 0 amide bonds. The maximum absolute atomic E-state index is 5.99. The highest BCUT2D eigenvalue weighted by Crippen LogP contribution is 2.35. The van der Waals surface area contributed by atoms with Crippen molar-refractivity contribution in [1.29, 1.82) is 0 Å². The van der Waals surface area contributed by atoms with Gasteiger partial charge in [0.1, 0.15) is 13.2 Å². The number of benzene rings is 1. The molecule has 1 fully saturated rings. The van der Waals surface area contributed by atoms with E-state index in [1.54, 1.807) is 0 Å². The van der Waals surface area contributed by atoms with Crippen LogP contribution in [-0.2, 0) is 5.41 Å². The van der Waals surface area contributed by atoms with Crippen molar-refractivity contribution >= 4 is 29.9 Å². The second-order valence-electron chi connectivity index (χ2n) is 7.12. The van der Waals surface area contributed by atoms with E-state index in [-0.39, 0.29) is 29.4 Å². The van der Waals surface area contributed by atoms with E-state index in [2.05, 4.69) is 36.3 Å². The minimum absolute atomic E-state index is 0. The van der Waals surface area contributed by atoms with Crippen molar-refractivity contribution in [2.45, 2.75) is 38.5 Å². The van der Waals surface area contributed by atoms with E-state index in [9.17, 15) is 0 Å². The molecule has 3 N–H and O–H groups in total. The predicted octanol–water partition coefficient (Wildman–Crippen LogP) is 3.06. The Hall–Kier alpha value is -1.18. The molecule has 0 radical (unpaired) electrons. The fourth-order valence-corrected chi connectivity index (χ4v) is 2.84. The molecule has 0 saturated heterocycles. The molecule has 1 saturated carbocycles. The summed E-state index contributed by atoms with van der Waals surface area (Å²) in [5.74, 6) is 2.96. The number of halogens is 1. The number of nitrogens with one attached hydrogen (secondary N) is 1. The second kappa shape index (κ2) is 8.27. The average Bonchev–Trinajstić information content (AvgIpc) is 2.51. The summed E-state index contributed by atoms with van der Waals surface area (Å²) in [6.07, 6.45) is 3.96. The molecule has 0 aromatic heterocycles. The van der Waals surface area contributed by atoms with Gasteiger partial charge in [-0.25, -0.2) is 0 Å². The van der Waals surface area contributed by atoms with Crippen LogP contribution in [0, 0.1) is 5.92 Å². The van der Waals surface area contributed by atoms with Gasteiger partial charge in [-0.1, -0.05) is 26.3 Å². The van der Waals surface area contributed by atoms with Crippen LogP contribution >= 0.6 is 24.0 Å². The number of nitrogens with two attached hydrogens (primary N) is 1. The van der Waals surface area contributed by atoms with Gasteiger partial charge < -0.3 is 20.5 Å². The Balaban J connectivity index is 0.00000208. The van der Waals surface area contributed by atoms with Gasteiger partial charge in [0.25, 0.3) is 0 Å². The second-order valence-corrected chi connectivity index (χ2v) is 7.12. The molecule has 0 unspecified atom stereocenters. The number of fused-ring (bicyclic) bond motifs is 1. The molecule has 3 rings (SSSR count). The molecule has 0 atom stereocenters. The van der Waals surface area contributed by atoms with Crippen LogP contribution in [-0.4, -0.2) is 32.3 Å². The van der Waals surface area contributed by atoms with Gasteiger partial charge in [-0.15, -0.1) is 24.0 Å². The molecular formula is C18H28IN3O2. The summed E-state index contributed by atoms with van der Waals surface area (Å²) in [6, 6.07) is 6.12. The molecule has 1 aliphatic heterocycles. The summed E-state index contributed by atoms with van der Waals surface area (Å²) in [6.45, 7) is 7.13. The van der Waals surface area contributed by atoms with Crippen molar-refractivity contribution in [3.8, 4) is 11.5 Å². The molecule has 0 spiro atoms. The highest BCUT2D eigenvalue weighted by atomic mass is 127. The summed E-state index contributed by atoms with van der Waals surface area (Å²) in [5.41, 5.74) is 7.06. The van der Waals surface area contributed by atoms with E-state index < -0.39 is 0 Å². The number of hydrogen-bond donors (Lipinski definition) is 2. The van der Waals surface area contributed by atoms with Crippen molar-refractivity contribution in [2.24, 2.45) is 16.6 Å². The SMILES string of the molecule is CC(C)(CN=C(N)NCC1CCC1)c1ccc2c(c1)OCCO2.I. The first kappa shape index (κ1) is 19.1. The Morgan fingerprint density at radius 2 is 1.96 bits per heavy atom. The first-order valence-corrected chi connectivity index (χ1v) is 8.48. The molecular weight excluding hydrogens is 417 g/mol. The molecule has 24 heavy (non-hydrogen) atoms. The summed E-state index contributed by atoms with van der Waals surface area (Å²) in [5, 5.41) is 3.24. The number of guanidine groups is 1. The average molecular weight is 445 g/mol. The Kier molecular flexibility index (Phi) is 6.60. The lowest BCUT2D eigenvalue weighted by Gasteiger charge is -2.27. The third-order valence-corrected chi connectivity index (χ3v) is 4.76. The van der Waals surface area contributed by atoms with Crippen molar-refractivity contribution < 1.29 is 9.47 Å². The number of rotatable bonds is 5. The zero-order valence-corrected chi connectivity index (χ0v) is 16.8. The minimum atomic E-state index is -0.112. The smallest absolute Gasteiger partial charge is 0.188 e. The lowest BCUT2D eigenvalue weighted by atomic mass is 9.84. The number of aliphatic imine (C=N–C) groups is 1. The van der Waals surface area contributed by atoms with E-state index in [1.807, 2.05) is 6.07 Å². The van der Waals surface area contributed by atoms with Gasteiger partial charge in [-0.3, -0.25) is 4.99 Å². The van der Waals surface area contributed by atoms with E-state index in [4.69, 9.17) is 15.2 Å². The van der Waals surface area contributed by atoms with Crippen molar-refractivity contribution in [1.82, 2.24) is 5.32 Å². The van der Waals surface area contributed by atoms with Crippen LogP contribution in [0.2, 0.25) is 0 Å². The highest BCUT2D eigenvalue weighted by Gasteiger charge is 2.23. The first-order chi connectivity index (χ1) is 11.0. The van der Waals surface area contributed by atoms with Crippen LogP contribution in [0.1, 0.15) is 38.7 Å². The van der Waals surface area contributed by atoms with Gasteiger partial charge in [-0.05, 0) is 36.5 Å². The summed E-state index contributed by atoms with van der Waals surface area (Å²) >= 11 is 0. The monoisotopic (exact) mass is 445 g/mol. The fourth-order valence-electron chi connectivity index (χ4n) is 2.84. The number of nitrogens with zero attached hydrogens (tertiary/aromatic N) is 1. The quantitative estimate of drug-likeness (QED) is 0.416. The largest absolute Gasteiger partial charge is 0.486 e. The maximum Gasteiger partial charge on any atom is 0.188 e. The molecule has 2 aliphatic rings. The van der Waals surface area contributed by atoms with Gasteiger partial charge in [-0.2, -0.15) is 0 Å². The number of ether oxygens (including phenoxy) is 2. The topological polar surface area (TPSA) is 68.9 Å².